The summed E-state index contributed by atoms with van der Waals surface area (Å²) in [6, 6.07) is 15.6. The van der Waals surface area contributed by atoms with E-state index < -0.39 is 0 Å². The summed E-state index contributed by atoms with van der Waals surface area (Å²) in [4.78, 5) is 8.76. The molecule has 0 aliphatic rings. The fraction of sp³-hybridized carbons (Fsp3) is 0.111. The molecule has 0 atom stereocenters. The van der Waals surface area contributed by atoms with Gasteiger partial charge in [-0.05, 0) is 58.7 Å². The van der Waals surface area contributed by atoms with E-state index in [1.807, 2.05) is 55.5 Å². The molecular formula is C18H17BrN4O. The number of rotatable bonds is 5. The zero-order valence-corrected chi connectivity index (χ0v) is 15.0. The molecule has 0 unspecified atom stereocenters. The van der Waals surface area contributed by atoms with Crippen LogP contribution >= 0.6 is 15.9 Å². The lowest BCUT2D eigenvalue weighted by Crippen LogP contribution is -2.01. The molecule has 0 radical (unpaired) electrons. The maximum absolute atomic E-state index is 5.39. The topological polar surface area (TPSA) is 59.1 Å². The molecule has 24 heavy (non-hydrogen) atoms. The van der Waals surface area contributed by atoms with Crippen LogP contribution in [-0.4, -0.2) is 17.1 Å². The number of aromatic nitrogens is 2. The first kappa shape index (κ1) is 16.3. The summed E-state index contributed by atoms with van der Waals surface area (Å²) < 4.78 is 6.34. The molecule has 122 valence electrons. The molecule has 0 aliphatic heterocycles. The molecule has 3 rings (SSSR count). The summed E-state index contributed by atoms with van der Waals surface area (Å²) in [5.41, 5.74) is 2.91. The fourth-order valence-corrected chi connectivity index (χ4v) is 2.61. The van der Waals surface area contributed by atoms with Gasteiger partial charge in [-0.15, -0.1) is 0 Å². The van der Waals surface area contributed by atoms with E-state index >= 15 is 0 Å². The number of aryl methyl sites for hydroxylation is 1. The minimum absolute atomic E-state index is 0.513. The van der Waals surface area contributed by atoms with Gasteiger partial charge in [0.05, 0.1) is 18.5 Å². The van der Waals surface area contributed by atoms with Gasteiger partial charge in [-0.3, -0.25) is 0 Å². The van der Waals surface area contributed by atoms with Gasteiger partial charge in [-0.25, -0.2) is 4.98 Å². The molecule has 0 spiro atoms. The molecular weight excluding hydrogens is 368 g/mol. The molecule has 0 fully saturated rings. The van der Waals surface area contributed by atoms with Gasteiger partial charge in [-0.2, -0.15) is 4.98 Å². The molecule has 1 aromatic heterocycles. The molecule has 2 N–H and O–H groups in total. The van der Waals surface area contributed by atoms with Gasteiger partial charge in [0.1, 0.15) is 11.6 Å². The summed E-state index contributed by atoms with van der Waals surface area (Å²) >= 11 is 3.50. The van der Waals surface area contributed by atoms with Crippen molar-refractivity contribution in [3.05, 3.63) is 64.8 Å². The predicted molar refractivity (Wildman–Crippen MR) is 100 cm³/mol. The third-order valence-electron chi connectivity index (χ3n) is 3.39. The van der Waals surface area contributed by atoms with Crippen molar-refractivity contribution in [3.8, 4) is 5.75 Å². The van der Waals surface area contributed by atoms with Crippen molar-refractivity contribution in [2.45, 2.75) is 6.92 Å². The summed E-state index contributed by atoms with van der Waals surface area (Å²) in [5, 5.41) is 6.48. The van der Waals surface area contributed by atoms with E-state index in [1.54, 1.807) is 13.3 Å². The van der Waals surface area contributed by atoms with Gasteiger partial charge in [0.15, 0.2) is 0 Å². The Morgan fingerprint density at radius 1 is 1.00 bits per heavy atom. The molecule has 2 aromatic carbocycles. The number of nitrogens with zero attached hydrogens (tertiary/aromatic N) is 2. The summed E-state index contributed by atoms with van der Waals surface area (Å²) in [6.45, 7) is 2.03. The Hall–Kier alpha value is -2.60. The summed E-state index contributed by atoms with van der Waals surface area (Å²) in [6.07, 6.45) is 1.71. The van der Waals surface area contributed by atoms with Gasteiger partial charge in [0.25, 0.3) is 0 Å². The number of anilines is 4. The van der Waals surface area contributed by atoms with Gasteiger partial charge in [0.2, 0.25) is 5.95 Å². The van der Waals surface area contributed by atoms with Crippen molar-refractivity contribution in [3.63, 3.8) is 0 Å². The number of hydrogen-bond acceptors (Lipinski definition) is 5. The van der Waals surface area contributed by atoms with Crippen LogP contribution in [0, 0.1) is 6.92 Å². The Kier molecular flexibility index (Phi) is 4.96. The Morgan fingerprint density at radius 2 is 1.83 bits per heavy atom. The maximum Gasteiger partial charge on any atom is 0.229 e. The highest BCUT2D eigenvalue weighted by atomic mass is 79.9. The van der Waals surface area contributed by atoms with Crippen LogP contribution in [0.1, 0.15) is 5.56 Å². The number of halogens is 1. The highest BCUT2D eigenvalue weighted by molar-refractivity contribution is 9.10. The molecule has 0 saturated carbocycles. The predicted octanol–water partition coefficient (Wildman–Crippen LogP) is 5.04. The monoisotopic (exact) mass is 384 g/mol. The first-order valence-electron chi connectivity index (χ1n) is 7.42. The minimum Gasteiger partial charge on any atom is -0.495 e. The zero-order chi connectivity index (χ0) is 16.9. The van der Waals surface area contributed by atoms with E-state index in [1.165, 1.54) is 0 Å². The van der Waals surface area contributed by atoms with Crippen LogP contribution in [0.5, 0.6) is 5.75 Å². The third kappa shape index (κ3) is 3.83. The zero-order valence-electron chi connectivity index (χ0n) is 13.4. The fourth-order valence-electron chi connectivity index (χ4n) is 2.23. The summed E-state index contributed by atoms with van der Waals surface area (Å²) in [7, 11) is 1.65. The molecule has 0 bridgehead atoms. The van der Waals surface area contributed by atoms with Crippen molar-refractivity contribution < 1.29 is 4.74 Å². The van der Waals surface area contributed by atoms with E-state index in [-0.39, 0.29) is 0 Å². The standard InChI is InChI=1S/C18H17BrN4O/c1-12-7-8-16(24-2)15(11-12)21-17-9-10-20-18(23-17)22-14-6-4-3-5-13(14)19/h3-11H,1-2H3,(H2,20,21,22,23). The second kappa shape index (κ2) is 7.31. The van der Waals surface area contributed by atoms with Crippen LogP contribution in [0.2, 0.25) is 0 Å². The average molecular weight is 385 g/mol. The van der Waals surface area contributed by atoms with Crippen molar-refractivity contribution in [2.75, 3.05) is 17.7 Å². The largest absolute Gasteiger partial charge is 0.495 e. The highest BCUT2D eigenvalue weighted by Crippen LogP contribution is 2.29. The number of para-hydroxylation sites is 1. The quantitative estimate of drug-likeness (QED) is 0.644. The van der Waals surface area contributed by atoms with Gasteiger partial charge >= 0.3 is 0 Å². The van der Waals surface area contributed by atoms with Gasteiger partial charge in [0, 0.05) is 10.7 Å². The van der Waals surface area contributed by atoms with Crippen LogP contribution in [0.15, 0.2) is 59.2 Å². The molecule has 5 nitrogen and oxygen atoms in total. The van der Waals surface area contributed by atoms with Crippen molar-refractivity contribution in [1.82, 2.24) is 9.97 Å². The van der Waals surface area contributed by atoms with Crippen LogP contribution in [0.3, 0.4) is 0 Å². The van der Waals surface area contributed by atoms with E-state index in [4.69, 9.17) is 4.74 Å². The molecule has 6 heteroatoms. The Labute approximate surface area is 149 Å². The van der Waals surface area contributed by atoms with E-state index in [0.717, 1.165) is 27.2 Å². The van der Waals surface area contributed by atoms with E-state index in [0.29, 0.717) is 11.8 Å². The smallest absolute Gasteiger partial charge is 0.229 e. The summed E-state index contributed by atoms with van der Waals surface area (Å²) in [5.74, 6) is 1.96. The Balaban J connectivity index is 1.84. The number of nitrogens with one attached hydrogen (secondary N) is 2. The maximum atomic E-state index is 5.39. The lowest BCUT2D eigenvalue weighted by atomic mass is 10.2. The highest BCUT2D eigenvalue weighted by Gasteiger charge is 2.06. The first-order valence-corrected chi connectivity index (χ1v) is 8.21. The van der Waals surface area contributed by atoms with Crippen molar-refractivity contribution in [2.24, 2.45) is 0 Å². The number of benzene rings is 2. The molecule has 0 aliphatic carbocycles. The second-order valence-corrected chi connectivity index (χ2v) is 6.05. The molecule has 1 heterocycles. The Bertz CT molecular complexity index is 854. The Morgan fingerprint density at radius 3 is 2.62 bits per heavy atom. The SMILES string of the molecule is COc1ccc(C)cc1Nc1ccnc(Nc2ccccc2Br)n1. The van der Waals surface area contributed by atoms with Crippen molar-refractivity contribution in [1.29, 1.82) is 0 Å². The lowest BCUT2D eigenvalue weighted by Gasteiger charge is -2.12. The van der Waals surface area contributed by atoms with Crippen LogP contribution in [0.25, 0.3) is 0 Å². The van der Waals surface area contributed by atoms with Gasteiger partial charge in [-0.1, -0.05) is 18.2 Å². The van der Waals surface area contributed by atoms with E-state index in [9.17, 15) is 0 Å². The van der Waals surface area contributed by atoms with Crippen molar-refractivity contribution >= 4 is 39.1 Å². The van der Waals surface area contributed by atoms with Crippen LogP contribution in [-0.2, 0) is 0 Å². The molecule has 0 amide bonds. The molecule has 0 saturated heterocycles. The minimum atomic E-state index is 0.513. The second-order valence-electron chi connectivity index (χ2n) is 5.20. The van der Waals surface area contributed by atoms with E-state index in [2.05, 4.69) is 36.5 Å². The lowest BCUT2D eigenvalue weighted by molar-refractivity contribution is 0.416. The average Bonchev–Trinajstić information content (AvgIpc) is 2.58. The van der Waals surface area contributed by atoms with Crippen LogP contribution < -0.4 is 15.4 Å². The third-order valence-corrected chi connectivity index (χ3v) is 4.09. The van der Waals surface area contributed by atoms with Gasteiger partial charge < -0.3 is 15.4 Å². The molecule has 3 aromatic rings. The first-order chi connectivity index (χ1) is 11.7. The van der Waals surface area contributed by atoms with Crippen LogP contribution in [0.4, 0.5) is 23.1 Å². The normalized spacial score (nSPS) is 10.3. The number of hydrogen-bond donors (Lipinski definition) is 2. The number of methoxy groups -OCH3 is 1. The number of ether oxygens (including phenoxy) is 1.